The molecule has 2 rings (SSSR count). The van der Waals surface area contributed by atoms with Gasteiger partial charge in [-0.05, 0) is 50.5 Å². The Morgan fingerprint density at radius 3 is 2.64 bits per heavy atom. The molecule has 1 amide bonds. The minimum Gasteiger partial charge on any atom is -0.338 e. The van der Waals surface area contributed by atoms with Crippen molar-refractivity contribution in [2.45, 2.75) is 72.9 Å². The van der Waals surface area contributed by atoms with Crippen LogP contribution in [0.2, 0.25) is 0 Å². The van der Waals surface area contributed by atoms with Crippen molar-refractivity contribution < 1.29 is 4.79 Å². The van der Waals surface area contributed by atoms with E-state index in [2.05, 4.69) is 44.4 Å². The predicted molar refractivity (Wildman–Crippen MR) is 105 cm³/mol. The van der Waals surface area contributed by atoms with Crippen LogP contribution in [0, 0.1) is 25.7 Å². The zero-order valence-electron chi connectivity index (χ0n) is 16.4. The zero-order valence-corrected chi connectivity index (χ0v) is 17.2. The standard InChI is InChI=1S/C19H34N4O.ClH/c1-13(2)12-23-16(5)18(15(4)21-23)6-7-19(24)22-9-8-14(3)10-17(22)11-20;/h13-14,17H,6-12,20H2,1-5H3;1H. The molecule has 25 heavy (non-hydrogen) atoms. The highest BCUT2D eigenvalue weighted by Crippen LogP contribution is 2.23. The van der Waals surface area contributed by atoms with Gasteiger partial charge in [0.2, 0.25) is 5.91 Å². The van der Waals surface area contributed by atoms with Gasteiger partial charge in [-0.15, -0.1) is 12.4 Å². The quantitative estimate of drug-likeness (QED) is 0.836. The fourth-order valence-electron chi connectivity index (χ4n) is 3.80. The molecule has 1 aromatic heterocycles. The minimum absolute atomic E-state index is 0. The first kappa shape index (κ1) is 22.0. The average Bonchev–Trinajstić information content (AvgIpc) is 2.78. The van der Waals surface area contributed by atoms with Crippen LogP contribution in [0.4, 0.5) is 0 Å². The van der Waals surface area contributed by atoms with Gasteiger partial charge in [0.25, 0.3) is 0 Å². The largest absolute Gasteiger partial charge is 0.338 e. The van der Waals surface area contributed by atoms with Crippen molar-refractivity contribution in [3.05, 3.63) is 17.0 Å². The number of halogens is 1. The molecule has 0 radical (unpaired) electrons. The normalized spacial score (nSPS) is 20.7. The van der Waals surface area contributed by atoms with Crippen molar-refractivity contribution in [3.8, 4) is 0 Å². The lowest BCUT2D eigenvalue weighted by atomic mass is 9.92. The van der Waals surface area contributed by atoms with Gasteiger partial charge in [-0.1, -0.05) is 20.8 Å². The molecule has 0 saturated carbocycles. The van der Waals surface area contributed by atoms with E-state index in [0.717, 1.165) is 38.0 Å². The number of likely N-dealkylation sites (tertiary alicyclic amines) is 1. The topological polar surface area (TPSA) is 64.2 Å². The molecule has 1 aliphatic heterocycles. The number of hydrogen-bond acceptors (Lipinski definition) is 3. The zero-order chi connectivity index (χ0) is 17.9. The monoisotopic (exact) mass is 370 g/mol. The third kappa shape index (κ3) is 5.45. The molecule has 0 aliphatic carbocycles. The van der Waals surface area contributed by atoms with Gasteiger partial charge >= 0.3 is 0 Å². The summed E-state index contributed by atoms with van der Waals surface area (Å²) in [7, 11) is 0. The summed E-state index contributed by atoms with van der Waals surface area (Å²) in [5.41, 5.74) is 9.39. The molecule has 5 nitrogen and oxygen atoms in total. The maximum Gasteiger partial charge on any atom is 0.223 e. The second-order valence-electron chi connectivity index (χ2n) is 7.83. The first-order valence-corrected chi connectivity index (χ1v) is 9.35. The molecule has 2 unspecified atom stereocenters. The van der Waals surface area contributed by atoms with Crippen molar-refractivity contribution >= 4 is 18.3 Å². The molecule has 1 saturated heterocycles. The van der Waals surface area contributed by atoms with Crippen LogP contribution in [0.3, 0.4) is 0 Å². The van der Waals surface area contributed by atoms with Crippen molar-refractivity contribution in [2.24, 2.45) is 17.6 Å². The molecular formula is C19H35ClN4O. The summed E-state index contributed by atoms with van der Waals surface area (Å²) >= 11 is 0. The van der Waals surface area contributed by atoms with Crippen molar-refractivity contribution in [1.29, 1.82) is 0 Å². The van der Waals surface area contributed by atoms with Crippen LogP contribution >= 0.6 is 12.4 Å². The molecular weight excluding hydrogens is 336 g/mol. The molecule has 1 aromatic rings. The van der Waals surface area contributed by atoms with Gasteiger partial charge in [-0.2, -0.15) is 5.10 Å². The van der Waals surface area contributed by atoms with Gasteiger partial charge in [0.1, 0.15) is 0 Å². The Labute approximate surface area is 158 Å². The number of hydrogen-bond donors (Lipinski definition) is 1. The Bertz CT molecular complexity index is 570. The van der Waals surface area contributed by atoms with E-state index in [1.54, 1.807) is 0 Å². The number of carbonyl (C=O) groups is 1. The highest BCUT2D eigenvalue weighted by Gasteiger charge is 2.28. The molecule has 0 bridgehead atoms. The molecule has 1 aliphatic rings. The summed E-state index contributed by atoms with van der Waals surface area (Å²) in [6.07, 6.45) is 3.46. The summed E-state index contributed by atoms with van der Waals surface area (Å²) in [4.78, 5) is 14.7. The molecule has 6 heteroatoms. The van der Waals surface area contributed by atoms with Crippen molar-refractivity contribution in [2.75, 3.05) is 13.1 Å². The molecule has 1 fully saturated rings. The van der Waals surface area contributed by atoms with E-state index in [0.29, 0.717) is 24.8 Å². The summed E-state index contributed by atoms with van der Waals surface area (Å²) in [6, 6.07) is 0.215. The Kier molecular flexibility index (Phi) is 8.42. The number of rotatable bonds is 6. The fourth-order valence-corrected chi connectivity index (χ4v) is 3.80. The van der Waals surface area contributed by atoms with Crippen LogP contribution in [0.1, 0.15) is 57.0 Å². The SMILES string of the molecule is Cc1nn(CC(C)C)c(C)c1CCC(=O)N1CCC(C)CC1CN.Cl. The molecule has 2 N–H and O–H groups in total. The van der Waals surface area contributed by atoms with E-state index in [4.69, 9.17) is 5.73 Å². The van der Waals surface area contributed by atoms with Gasteiger partial charge in [0, 0.05) is 37.8 Å². The van der Waals surface area contributed by atoms with Gasteiger partial charge < -0.3 is 10.6 Å². The second kappa shape index (κ2) is 9.58. The number of aromatic nitrogens is 2. The fraction of sp³-hybridized carbons (Fsp3) is 0.789. The van der Waals surface area contributed by atoms with Crippen LogP contribution in [-0.4, -0.2) is 39.7 Å². The molecule has 0 spiro atoms. The summed E-state index contributed by atoms with van der Waals surface area (Å²) in [6.45, 7) is 13.2. The van der Waals surface area contributed by atoms with Crippen LogP contribution < -0.4 is 5.73 Å². The summed E-state index contributed by atoms with van der Waals surface area (Å²) in [5.74, 6) is 1.48. The van der Waals surface area contributed by atoms with E-state index in [1.807, 2.05) is 4.90 Å². The Balaban J connectivity index is 0.00000312. The van der Waals surface area contributed by atoms with Crippen molar-refractivity contribution in [3.63, 3.8) is 0 Å². The maximum absolute atomic E-state index is 12.7. The number of carbonyl (C=O) groups excluding carboxylic acids is 1. The van der Waals surface area contributed by atoms with Gasteiger partial charge in [0.15, 0.2) is 0 Å². The Morgan fingerprint density at radius 1 is 1.36 bits per heavy atom. The highest BCUT2D eigenvalue weighted by molar-refractivity contribution is 5.85. The number of amides is 1. The summed E-state index contributed by atoms with van der Waals surface area (Å²) in [5, 5.41) is 4.65. The van der Waals surface area contributed by atoms with Crippen LogP contribution in [0.25, 0.3) is 0 Å². The van der Waals surface area contributed by atoms with E-state index in [-0.39, 0.29) is 24.4 Å². The third-order valence-corrected chi connectivity index (χ3v) is 5.23. The van der Waals surface area contributed by atoms with Crippen LogP contribution in [-0.2, 0) is 17.8 Å². The Morgan fingerprint density at radius 2 is 2.04 bits per heavy atom. The van der Waals surface area contributed by atoms with Gasteiger partial charge in [0.05, 0.1) is 5.69 Å². The van der Waals surface area contributed by atoms with E-state index in [9.17, 15) is 4.79 Å². The molecule has 144 valence electrons. The average molecular weight is 371 g/mol. The minimum atomic E-state index is 0. The predicted octanol–water partition coefficient (Wildman–Crippen LogP) is 3.10. The lowest BCUT2D eigenvalue weighted by molar-refractivity contribution is -0.135. The van der Waals surface area contributed by atoms with Crippen LogP contribution in [0.5, 0.6) is 0 Å². The highest BCUT2D eigenvalue weighted by atomic mass is 35.5. The van der Waals surface area contributed by atoms with Crippen molar-refractivity contribution in [1.82, 2.24) is 14.7 Å². The Hall–Kier alpha value is -1.07. The van der Waals surface area contributed by atoms with Gasteiger partial charge in [-0.3, -0.25) is 9.48 Å². The first-order valence-electron chi connectivity index (χ1n) is 9.35. The first-order chi connectivity index (χ1) is 11.3. The number of piperidine rings is 1. The third-order valence-electron chi connectivity index (χ3n) is 5.23. The smallest absolute Gasteiger partial charge is 0.223 e. The number of nitrogens with two attached hydrogens (primary N) is 1. The van der Waals surface area contributed by atoms with E-state index >= 15 is 0 Å². The molecule has 2 heterocycles. The molecule has 0 aromatic carbocycles. The maximum atomic E-state index is 12.7. The number of nitrogens with zero attached hydrogens (tertiary/aromatic N) is 3. The molecule has 2 atom stereocenters. The number of aryl methyl sites for hydroxylation is 1. The van der Waals surface area contributed by atoms with Crippen LogP contribution in [0.15, 0.2) is 0 Å². The van der Waals surface area contributed by atoms with E-state index < -0.39 is 0 Å². The second-order valence-corrected chi connectivity index (χ2v) is 7.83. The summed E-state index contributed by atoms with van der Waals surface area (Å²) < 4.78 is 2.09. The lowest BCUT2D eigenvalue weighted by Gasteiger charge is -2.38. The van der Waals surface area contributed by atoms with Gasteiger partial charge in [-0.25, -0.2) is 0 Å². The lowest BCUT2D eigenvalue weighted by Crippen LogP contribution is -2.49. The van der Waals surface area contributed by atoms with E-state index in [1.165, 1.54) is 11.3 Å².